The summed E-state index contributed by atoms with van der Waals surface area (Å²) < 4.78 is 22.5. The van der Waals surface area contributed by atoms with E-state index in [1.165, 1.54) is 0 Å². The van der Waals surface area contributed by atoms with Gasteiger partial charge in [-0.25, -0.2) is 0 Å². The maximum absolute atomic E-state index is 14.2. The van der Waals surface area contributed by atoms with Crippen LogP contribution < -0.4 is 40.8 Å². The fraction of sp³-hybridized carbons (Fsp3) is 0.283. The number of methoxy groups -OCH3 is 3. The number of likely N-dealkylation sites (N-methyl/N-ethyl adjacent to an activating group) is 1. The van der Waals surface area contributed by atoms with E-state index in [0.29, 0.717) is 12.4 Å². The molecule has 0 aliphatic rings. The van der Waals surface area contributed by atoms with Gasteiger partial charge in [-0.2, -0.15) is 0 Å². The molecule has 0 aromatic heterocycles. The summed E-state index contributed by atoms with van der Waals surface area (Å²) in [6.45, 7) is 13.1. The highest BCUT2D eigenvalue weighted by atomic mass is 31.2. The van der Waals surface area contributed by atoms with Crippen molar-refractivity contribution in [2.24, 2.45) is 10.2 Å². The number of nitrogens with zero attached hydrogens (tertiary/aromatic N) is 2. The number of hydrogen-bond acceptors (Lipinski definition) is 7. The van der Waals surface area contributed by atoms with E-state index in [-0.39, 0.29) is 18.0 Å². The molecule has 3 atom stereocenters. The summed E-state index contributed by atoms with van der Waals surface area (Å²) in [4.78, 5) is 16.0. The number of nitrogens with one attached hydrogen (secondary N) is 2. The van der Waals surface area contributed by atoms with E-state index in [1.54, 1.807) is 21.3 Å². The number of rotatable bonds is 16. The molecule has 0 saturated carbocycles. The third-order valence-corrected chi connectivity index (χ3v) is 13.7. The quantitative estimate of drug-likeness (QED) is 0.0988. The van der Waals surface area contributed by atoms with Crippen LogP contribution in [0.15, 0.2) is 151 Å². The molecule has 2 N–H and O–H groups in total. The van der Waals surface area contributed by atoms with Gasteiger partial charge in [0.2, 0.25) is 5.91 Å². The van der Waals surface area contributed by atoms with Gasteiger partial charge in [-0.3, -0.25) is 9.54 Å². The molecule has 1 amide bonds. The summed E-state index contributed by atoms with van der Waals surface area (Å²) in [7, 11) is 4.20. The van der Waals surface area contributed by atoms with Gasteiger partial charge in [0.25, 0.3) is 0 Å². The summed E-state index contributed by atoms with van der Waals surface area (Å²) in [5, 5.41) is 10.4. The number of hydrogen-bond donors (Lipinski definition) is 2. The second kappa shape index (κ2) is 18.2. The molecule has 288 valence electrons. The lowest BCUT2D eigenvalue weighted by molar-refractivity contribution is -0.136. The lowest BCUT2D eigenvalue weighted by Gasteiger charge is -2.37. The molecule has 9 heteroatoms. The van der Waals surface area contributed by atoms with Crippen LogP contribution in [0.3, 0.4) is 0 Å². The summed E-state index contributed by atoms with van der Waals surface area (Å²) in [5.41, 5.74) is 1.70. The summed E-state index contributed by atoms with van der Waals surface area (Å²) in [6, 6.07) is 44.0. The molecule has 0 saturated heterocycles. The van der Waals surface area contributed by atoms with Crippen molar-refractivity contribution in [3.05, 3.63) is 157 Å². The highest BCUT2D eigenvalue weighted by molar-refractivity contribution is 7.87. The van der Waals surface area contributed by atoms with Crippen LogP contribution in [0.1, 0.15) is 50.9 Å². The zero-order valence-corrected chi connectivity index (χ0v) is 34.2. The molecule has 0 radical (unpaired) electrons. The van der Waals surface area contributed by atoms with E-state index in [9.17, 15) is 4.79 Å². The molecule has 8 nitrogen and oxygen atoms in total. The minimum atomic E-state index is -2.68. The fourth-order valence-corrected chi connectivity index (χ4v) is 10.2. The fourth-order valence-electron chi connectivity index (χ4n) is 6.63. The third-order valence-electron chi connectivity index (χ3n) is 10.0. The molecule has 5 aromatic rings. The van der Waals surface area contributed by atoms with Crippen LogP contribution in [0.2, 0.25) is 0 Å². The second-order valence-electron chi connectivity index (χ2n) is 14.6. The van der Waals surface area contributed by atoms with Gasteiger partial charge in [0.05, 0.1) is 52.8 Å². The van der Waals surface area contributed by atoms with Crippen molar-refractivity contribution in [2.75, 3.05) is 34.9 Å². The maximum atomic E-state index is 14.2. The summed E-state index contributed by atoms with van der Waals surface area (Å²) in [6.07, 6.45) is 0. The first-order chi connectivity index (χ1) is 26.4. The highest BCUT2D eigenvalue weighted by Gasteiger charge is 2.36. The Labute approximate surface area is 327 Å². The molecule has 0 heterocycles. The lowest BCUT2D eigenvalue weighted by Crippen LogP contribution is -2.53. The smallest absolute Gasteiger partial charge is 0.245 e. The molecule has 5 rings (SSSR count). The molecular weight excluding hydrogens is 704 g/mol. The molecule has 0 bridgehead atoms. The zero-order chi connectivity index (χ0) is 39.6. The first kappa shape index (κ1) is 40.7. The van der Waals surface area contributed by atoms with Crippen molar-refractivity contribution in [1.82, 2.24) is 15.5 Å². The van der Waals surface area contributed by atoms with Crippen molar-refractivity contribution in [2.45, 2.75) is 45.8 Å². The Morgan fingerprint density at radius 3 is 1.45 bits per heavy atom. The van der Waals surface area contributed by atoms with Gasteiger partial charge in [0.1, 0.15) is 23.3 Å². The predicted octanol–water partition coefficient (Wildman–Crippen LogP) is 8.22. The number of benzene rings is 5. The molecule has 1 unspecified atom stereocenters. The van der Waals surface area contributed by atoms with Gasteiger partial charge in [-0.05, 0) is 96.3 Å². The van der Waals surface area contributed by atoms with Gasteiger partial charge in [-0.15, -0.1) is 0 Å². The van der Waals surface area contributed by atoms with E-state index in [0.717, 1.165) is 44.3 Å². The van der Waals surface area contributed by atoms with Crippen molar-refractivity contribution in [1.29, 1.82) is 0 Å². The Morgan fingerprint density at radius 1 is 0.673 bits per heavy atom. The summed E-state index contributed by atoms with van der Waals surface area (Å²) >= 11 is 0. The van der Waals surface area contributed by atoms with E-state index in [1.807, 2.05) is 84.7 Å². The largest absolute Gasteiger partial charge is 0.497 e. The number of carbonyl (C=O) groups excluding carboxylic acids is 1. The normalized spacial score (nSPS) is 13.1. The van der Waals surface area contributed by atoms with Crippen LogP contribution in [0, 0.1) is 5.41 Å². The molecule has 0 fully saturated rings. The highest BCUT2D eigenvalue weighted by Crippen LogP contribution is 2.48. The Morgan fingerprint density at radius 2 is 1.07 bits per heavy atom. The van der Waals surface area contributed by atoms with Gasteiger partial charge in [-0.1, -0.05) is 88.0 Å². The van der Waals surface area contributed by atoms with Gasteiger partial charge in [0, 0.05) is 23.0 Å². The minimum absolute atomic E-state index is 0.0174. The van der Waals surface area contributed by atoms with Gasteiger partial charge < -0.3 is 29.7 Å². The van der Waals surface area contributed by atoms with E-state index in [2.05, 4.69) is 106 Å². The molecule has 55 heavy (non-hydrogen) atoms. The SMILES string of the molecule is C=C(N[C@H](CN=P(c1ccc(OC)cc1)(c1ccc(OC)cc1)c1ccc(OC)cc1)c1ccccc1)N[C@@H](C(=O)N(C)C(C)c1ccccc1)C(C)(C)C. The van der Waals surface area contributed by atoms with Gasteiger partial charge in [0.15, 0.2) is 0 Å². The molecule has 0 aliphatic heterocycles. The average molecular weight is 759 g/mol. The monoisotopic (exact) mass is 758 g/mol. The van der Waals surface area contributed by atoms with Gasteiger partial charge >= 0.3 is 0 Å². The predicted molar refractivity (Wildman–Crippen MR) is 228 cm³/mol. The standard InChI is InChI=1S/C46H55N4O4P/c1-33(35-16-12-10-13-17-35)50(6)45(51)44(46(3,4)5)49-34(2)48-43(36-18-14-11-15-19-36)32-47-55(40-26-20-37(52-7)21-27-40,41-28-22-38(53-8)23-29-41)42-30-24-39(54-9)25-31-42/h10-31,33,43-44,48-49H,2,32H2,1,3-9H3/t33?,43-,44+/m1/s1. The van der Waals surface area contributed by atoms with Crippen LogP contribution in [0.4, 0.5) is 0 Å². The maximum Gasteiger partial charge on any atom is 0.245 e. The average Bonchev–Trinajstić information content (AvgIpc) is 3.22. The van der Waals surface area contributed by atoms with E-state index >= 15 is 0 Å². The Kier molecular flexibility index (Phi) is 13.5. The first-order valence-electron chi connectivity index (χ1n) is 18.5. The number of carbonyl (C=O) groups is 1. The van der Waals surface area contributed by atoms with Crippen molar-refractivity contribution < 1.29 is 19.0 Å². The number of amides is 1. The van der Waals surface area contributed by atoms with Crippen molar-refractivity contribution in [3.8, 4) is 17.2 Å². The Hall–Kier alpha value is -5.46. The van der Waals surface area contributed by atoms with Crippen molar-refractivity contribution in [3.63, 3.8) is 0 Å². The van der Waals surface area contributed by atoms with E-state index < -0.39 is 18.5 Å². The lowest BCUT2D eigenvalue weighted by atomic mass is 9.85. The Bertz CT molecular complexity index is 1920. The topological polar surface area (TPSA) is 84.4 Å². The second-order valence-corrected chi connectivity index (χ2v) is 17.7. The summed E-state index contributed by atoms with van der Waals surface area (Å²) in [5.74, 6) is 2.83. The minimum Gasteiger partial charge on any atom is -0.497 e. The zero-order valence-electron chi connectivity index (χ0n) is 33.3. The van der Waals surface area contributed by atoms with Crippen LogP contribution in [0.25, 0.3) is 0 Å². The third kappa shape index (κ3) is 9.62. The van der Waals surface area contributed by atoms with Crippen LogP contribution in [-0.2, 0) is 4.79 Å². The molecule has 5 aromatic carbocycles. The molecule has 0 spiro atoms. The Balaban J connectivity index is 1.58. The first-order valence-corrected chi connectivity index (χ1v) is 20.3. The van der Waals surface area contributed by atoms with Crippen LogP contribution >= 0.6 is 7.05 Å². The van der Waals surface area contributed by atoms with Crippen molar-refractivity contribution >= 4 is 28.9 Å². The van der Waals surface area contributed by atoms with E-state index in [4.69, 9.17) is 19.0 Å². The molecule has 0 aliphatic carbocycles. The number of ether oxygens (including phenoxy) is 3. The van der Waals surface area contributed by atoms with Crippen LogP contribution in [0.5, 0.6) is 17.2 Å². The van der Waals surface area contributed by atoms with Crippen LogP contribution in [-0.4, -0.2) is 51.8 Å². The molecular formula is C46H55N4O4P.